The molecule has 0 atom stereocenters. The Balaban J connectivity index is 0.000000140. The highest BCUT2D eigenvalue weighted by atomic mass is 16.6. The van der Waals surface area contributed by atoms with Crippen LogP contribution in [0.15, 0.2) is 12.3 Å². The molecule has 0 unspecified atom stereocenters. The lowest BCUT2D eigenvalue weighted by atomic mass is 10.2. The van der Waals surface area contributed by atoms with Crippen LogP contribution in [0.3, 0.4) is 0 Å². The van der Waals surface area contributed by atoms with E-state index in [-0.39, 0.29) is 0 Å². The van der Waals surface area contributed by atoms with E-state index < -0.39 is 11.7 Å². The van der Waals surface area contributed by atoms with E-state index in [1.54, 1.807) is 20.8 Å². The van der Waals surface area contributed by atoms with Gasteiger partial charge in [-0.1, -0.05) is 0 Å². The van der Waals surface area contributed by atoms with Crippen LogP contribution in [0.4, 0.5) is 4.79 Å². The molecule has 13 heavy (non-hydrogen) atoms. The highest BCUT2D eigenvalue weighted by molar-refractivity contribution is 5.65. The number of hydrogen-bond acceptors (Lipinski definition) is 3. The van der Waals surface area contributed by atoms with Crippen LogP contribution in [-0.2, 0) is 4.74 Å². The first-order valence-corrected chi connectivity index (χ1v) is 3.93. The average Bonchev–Trinajstić information content (AvgIpc) is 2.32. The quantitative estimate of drug-likeness (QED) is 0.664. The Bertz CT molecular complexity index is 287. The van der Waals surface area contributed by atoms with Crippen molar-refractivity contribution in [2.45, 2.75) is 26.4 Å². The summed E-state index contributed by atoms with van der Waals surface area (Å²) in [5, 5.41) is 3.81. The maximum atomic E-state index is 10.0. The second kappa shape index (κ2) is 3.08. The van der Waals surface area contributed by atoms with Gasteiger partial charge < -0.3 is 10.5 Å². The highest BCUT2D eigenvalue weighted by Gasteiger charge is 2.12. The molecule has 2 aliphatic heterocycles. The number of ether oxygens (including phenoxy) is 1. The number of carbonyl (C=O) groups is 1. The minimum absolute atomic E-state index is 0.453. The van der Waals surface area contributed by atoms with Gasteiger partial charge in [0.2, 0.25) is 0 Å². The second-order valence-electron chi connectivity index (χ2n) is 3.65. The SMILES string of the molecule is CC(C)(C)OC(N)=O.c1cn2nc1-2. The predicted octanol–water partition coefficient (Wildman–Crippen LogP) is 1.07. The zero-order chi connectivity index (χ0) is 10.1. The molecular formula is C8H13N3O2. The van der Waals surface area contributed by atoms with Crippen LogP contribution < -0.4 is 5.73 Å². The fourth-order valence-electron chi connectivity index (χ4n) is 0.664. The van der Waals surface area contributed by atoms with Crippen LogP contribution in [0, 0.1) is 0 Å². The van der Waals surface area contributed by atoms with Gasteiger partial charge in [-0.05, 0) is 20.8 Å². The summed E-state index contributed by atoms with van der Waals surface area (Å²) < 4.78 is 6.41. The van der Waals surface area contributed by atoms with Crippen LogP contribution in [0.1, 0.15) is 20.8 Å². The van der Waals surface area contributed by atoms with Crippen molar-refractivity contribution in [1.82, 2.24) is 9.78 Å². The van der Waals surface area contributed by atoms with Gasteiger partial charge in [-0.2, -0.15) is 0 Å². The summed E-state index contributed by atoms with van der Waals surface area (Å²) >= 11 is 0. The van der Waals surface area contributed by atoms with Gasteiger partial charge in [0, 0.05) is 12.3 Å². The largest absolute Gasteiger partial charge is 0.444 e. The third kappa shape index (κ3) is 3.59. The molecule has 5 heteroatoms. The number of aromatic nitrogens is 2. The van der Waals surface area contributed by atoms with Gasteiger partial charge in [-0.3, -0.25) is 0 Å². The van der Waals surface area contributed by atoms with Crippen molar-refractivity contribution in [2.24, 2.45) is 5.73 Å². The Morgan fingerprint density at radius 3 is 2.15 bits per heavy atom. The molecule has 5 nitrogen and oxygen atoms in total. The topological polar surface area (TPSA) is 70.1 Å². The molecular weight excluding hydrogens is 170 g/mol. The predicted molar refractivity (Wildman–Crippen MR) is 47.5 cm³/mol. The van der Waals surface area contributed by atoms with Gasteiger partial charge in [-0.25, -0.2) is 9.48 Å². The first-order valence-electron chi connectivity index (χ1n) is 3.93. The lowest BCUT2D eigenvalue weighted by molar-refractivity contribution is 0.0600. The average molecular weight is 183 g/mol. The van der Waals surface area contributed by atoms with E-state index in [1.165, 1.54) is 0 Å². The van der Waals surface area contributed by atoms with Crippen LogP contribution in [-0.4, -0.2) is 21.5 Å². The third-order valence-electron chi connectivity index (χ3n) is 1.18. The number of hydrogen-bond donors (Lipinski definition) is 1. The van der Waals surface area contributed by atoms with E-state index >= 15 is 0 Å². The Hall–Kier alpha value is -1.52. The zero-order valence-electron chi connectivity index (χ0n) is 7.94. The molecule has 2 heterocycles. The number of primary amides is 1. The van der Waals surface area contributed by atoms with Gasteiger partial charge >= 0.3 is 6.09 Å². The van der Waals surface area contributed by atoms with Gasteiger partial charge in [-0.15, -0.1) is 5.10 Å². The molecule has 72 valence electrons. The molecule has 0 bridgehead atoms. The van der Waals surface area contributed by atoms with Gasteiger partial charge in [0.1, 0.15) is 5.60 Å². The Morgan fingerprint density at radius 2 is 2.15 bits per heavy atom. The summed E-state index contributed by atoms with van der Waals surface area (Å²) in [6, 6.07) is 1.97. The summed E-state index contributed by atoms with van der Waals surface area (Å²) in [6.07, 6.45) is 1.20. The number of nitrogens with two attached hydrogens (primary N) is 1. The van der Waals surface area contributed by atoms with Crippen LogP contribution >= 0.6 is 0 Å². The summed E-state index contributed by atoms with van der Waals surface area (Å²) in [7, 11) is 0. The van der Waals surface area contributed by atoms with Crippen molar-refractivity contribution in [3.63, 3.8) is 0 Å². The maximum absolute atomic E-state index is 10.0. The molecule has 0 aromatic rings. The van der Waals surface area contributed by atoms with Crippen LogP contribution in [0.5, 0.6) is 0 Å². The van der Waals surface area contributed by atoms with E-state index in [1.807, 2.05) is 16.9 Å². The molecule has 0 saturated heterocycles. The molecule has 0 aromatic carbocycles. The highest BCUT2D eigenvalue weighted by Crippen LogP contribution is 2.13. The van der Waals surface area contributed by atoms with E-state index in [9.17, 15) is 4.79 Å². The number of nitrogens with zero attached hydrogens (tertiary/aromatic N) is 2. The lowest BCUT2D eigenvalue weighted by Crippen LogP contribution is -2.27. The zero-order valence-corrected chi connectivity index (χ0v) is 7.94. The molecule has 0 fully saturated rings. The first-order chi connectivity index (χ1) is 5.88. The maximum Gasteiger partial charge on any atom is 0.405 e. The number of amides is 1. The molecule has 1 amide bonds. The normalized spacial score (nSPS) is 11.3. The summed E-state index contributed by atoms with van der Waals surface area (Å²) in [5.74, 6) is 1.13. The van der Waals surface area contributed by atoms with Crippen molar-refractivity contribution in [3.8, 4) is 5.82 Å². The van der Waals surface area contributed by atoms with E-state index in [4.69, 9.17) is 5.73 Å². The number of carbonyl (C=O) groups excluding carboxylic acids is 1. The van der Waals surface area contributed by atoms with Crippen molar-refractivity contribution >= 4 is 6.09 Å². The molecule has 2 N–H and O–H groups in total. The van der Waals surface area contributed by atoms with Gasteiger partial charge in [0.25, 0.3) is 0 Å². The molecule has 0 aliphatic carbocycles. The Morgan fingerprint density at radius 1 is 1.62 bits per heavy atom. The fraction of sp³-hybridized carbons (Fsp3) is 0.500. The van der Waals surface area contributed by atoms with E-state index in [0.29, 0.717) is 0 Å². The number of rotatable bonds is 0. The van der Waals surface area contributed by atoms with Crippen molar-refractivity contribution in [1.29, 1.82) is 0 Å². The molecule has 0 aromatic heterocycles. The minimum Gasteiger partial charge on any atom is -0.444 e. The monoisotopic (exact) mass is 183 g/mol. The first kappa shape index (κ1) is 9.57. The van der Waals surface area contributed by atoms with Crippen molar-refractivity contribution in [2.75, 3.05) is 0 Å². The number of fused-ring (bicyclic) bond motifs is 1. The van der Waals surface area contributed by atoms with Crippen LogP contribution in [0.2, 0.25) is 0 Å². The molecule has 2 rings (SSSR count). The Labute approximate surface area is 76.5 Å². The lowest BCUT2D eigenvalue weighted by Gasteiger charge is -2.16. The van der Waals surface area contributed by atoms with E-state index in [2.05, 4.69) is 9.84 Å². The van der Waals surface area contributed by atoms with Gasteiger partial charge in [0.05, 0.1) is 0 Å². The summed E-state index contributed by atoms with van der Waals surface area (Å²) in [5.41, 5.74) is 4.26. The fourth-order valence-corrected chi connectivity index (χ4v) is 0.664. The minimum atomic E-state index is -0.725. The smallest absolute Gasteiger partial charge is 0.405 e. The van der Waals surface area contributed by atoms with E-state index in [0.717, 1.165) is 5.82 Å². The van der Waals surface area contributed by atoms with Crippen molar-refractivity contribution < 1.29 is 9.53 Å². The standard InChI is InChI=1S/C5H11NO2.C3H2N2/c1-5(2,3)8-4(6)7;1-2-5-3(1)4-5/h1-3H3,(H2,6,7);1-2H. The van der Waals surface area contributed by atoms with Gasteiger partial charge in [0.15, 0.2) is 5.82 Å². The molecule has 0 radical (unpaired) electrons. The molecule has 2 aliphatic rings. The second-order valence-corrected chi connectivity index (χ2v) is 3.65. The molecule has 0 saturated carbocycles. The van der Waals surface area contributed by atoms with Crippen LogP contribution in [0.25, 0.3) is 5.82 Å². The van der Waals surface area contributed by atoms with Crippen molar-refractivity contribution in [3.05, 3.63) is 12.3 Å². The summed E-state index contributed by atoms with van der Waals surface area (Å²) in [4.78, 5) is 10.0. The third-order valence-corrected chi connectivity index (χ3v) is 1.18. The molecule has 0 spiro atoms. The Kier molecular flexibility index (Phi) is 2.27. The summed E-state index contributed by atoms with van der Waals surface area (Å²) in [6.45, 7) is 5.28.